The number of aryl methyl sites for hydroxylation is 1. The molecule has 1 atom stereocenters. The number of carbonyl (C=O) groups is 2. The molecule has 7 nitrogen and oxygen atoms in total. The maximum Gasteiger partial charge on any atom is 0.264 e. The highest BCUT2D eigenvalue weighted by molar-refractivity contribution is 9.10. The number of benzene rings is 4. The summed E-state index contributed by atoms with van der Waals surface area (Å²) < 4.78 is 30.0. The third-order valence-corrected chi connectivity index (χ3v) is 9.46. The van der Waals surface area contributed by atoms with Gasteiger partial charge in [-0.1, -0.05) is 87.7 Å². The van der Waals surface area contributed by atoms with Crippen LogP contribution in [-0.4, -0.2) is 44.3 Å². The predicted molar refractivity (Wildman–Crippen MR) is 174 cm³/mol. The maximum absolute atomic E-state index is 14.3. The van der Waals surface area contributed by atoms with Crippen LogP contribution >= 0.6 is 27.5 Å². The number of hydrogen-bond acceptors (Lipinski definition) is 4. The fourth-order valence-corrected chi connectivity index (χ4v) is 6.41. The number of hydrogen-bond donors (Lipinski definition) is 1. The molecule has 43 heavy (non-hydrogen) atoms. The number of nitrogens with one attached hydrogen (secondary N) is 1. The molecule has 0 fully saturated rings. The van der Waals surface area contributed by atoms with E-state index < -0.39 is 28.5 Å². The second-order valence-electron chi connectivity index (χ2n) is 10.0. The van der Waals surface area contributed by atoms with Crippen LogP contribution in [0.4, 0.5) is 5.69 Å². The van der Waals surface area contributed by atoms with Crippen molar-refractivity contribution in [1.29, 1.82) is 0 Å². The van der Waals surface area contributed by atoms with E-state index in [1.54, 1.807) is 24.3 Å². The Labute approximate surface area is 266 Å². The maximum atomic E-state index is 14.3. The van der Waals surface area contributed by atoms with Crippen LogP contribution in [-0.2, 0) is 32.6 Å². The first-order valence-corrected chi connectivity index (χ1v) is 16.4. The van der Waals surface area contributed by atoms with E-state index in [1.807, 2.05) is 68.4 Å². The molecular weight excluding hydrogens is 650 g/mol. The Balaban J connectivity index is 1.78. The largest absolute Gasteiger partial charge is 0.355 e. The van der Waals surface area contributed by atoms with Crippen molar-refractivity contribution in [2.75, 3.05) is 17.4 Å². The smallest absolute Gasteiger partial charge is 0.264 e. The lowest BCUT2D eigenvalue weighted by Gasteiger charge is -2.34. The van der Waals surface area contributed by atoms with E-state index in [0.29, 0.717) is 17.3 Å². The van der Waals surface area contributed by atoms with Gasteiger partial charge in [-0.2, -0.15) is 0 Å². The molecule has 0 aliphatic rings. The third-order valence-electron chi connectivity index (χ3n) is 6.89. The van der Waals surface area contributed by atoms with E-state index >= 15 is 0 Å². The predicted octanol–water partition coefficient (Wildman–Crippen LogP) is 6.38. The summed E-state index contributed by atoms with van der Waals surface area (Å²) in [5.41, 5.74) is 2.93. The number of nitrogens with zero attached hydrogens (tertiary/aromatic N) is 2. The molecule has 224 valence electrons. The van der Waals surface area contributed by atoms with Gasteiger partial charge in [-0.05, 0) is 73.5 Å². The van der Waals surface area contributed by atoms with Gasteiger partial charge in [0.1, 0.15) is 12.6 Å². The Hall–Kier alpha value is -3.66. The van der Waals surface area contributed by atoms with Crippen LogP contribution in [0, 0.1) is 6.92 Å². The zero-order valence-electron chi connectivity index (χ0n) is 23.9. The summed E-state index contributed by atoms with van der Waals surface area (Å²) in [4.78, 5) is 29.3. The van der Waals surface area contributed by atoms with E-state index in [0.717, 1.165) is 25.5 Å². The average molecular weight is 683 g/mol. The number of anilines is 1. The highest BCUT2D eigenvalue weighted by Crippen LogP contribution is 2.26. The minimum atomic E-state index is -4.19. The van der Waals surface area contributed by atoms with E-state index in [4.69, 9.17) is 11.6 Å². The zero-order valence-corrected chi connectivity index (χ0v) is 27.1. The van der Waals surface area contributed by atoms with Gasteiger partial charge in [0.25, 0.3) is 10.0 Å². The molecule has 10 heteroatoms. The molecular formula is C33H33BrClN3O4S. The topological polar surface area (TPSA) is 86.8 Å². The summed E-state index contributed by atoms with van der Waals surface area (Å²) in [6.07, 6.45) is 0.253. The van der Waals surface area contributed by atoms with Gasteiger partial charge in [0.2, 0.25) is 11.8 Å². The number of sulfonamides is 1. The van der Waals surface area contributed by atoms with Gasteiger partial charge < -0.3 is 10.2 Å². The first-order valence-electron chi connectivity index (χ1n) is 13.8. The summed E-state index contributed by atoms with van der Waals surface area (Å²) in [5.74, 6) is -0.840. The van der Waals surface area contributed by atoms with Gasteiger partial charge in [0, 0.05) is 29.0 Å². The van der Waals surface area contributed by atoms with Crippen LogP contribution in [0.25, 0.3) is 0 Å². The quantitative estimate of drug-likeness (QED) is 0.188. The second-order valence-corrected chi connectivity index (χ2v) is 13.3. The average Bonchev–Trinajstić information content (AvgIpc) is 3.00. The number of amides is 2. The van der Waals surface area contributed by atoms with Crippen LogP contribution in [0.2, 0.25) is 5.02 Å². The molecule has 2 amide bonds. The van der Waals surface area contributed by atoms with Gasteiger partial charge in [0.05, 0.1) is 10.6 Å². The Morgan fingerprint density at radius 2 is 1.49 bits per heavy atom. The lowest BCUT2D eigenvalue weighted by atomic mass is 10.0. The van der Waals surface area contributed by atoms with E-state index in [1.165, 1.54) is 29.2 Å². The van der Waals surface area contributed by atoms with Crippen molar-refractivity contribution >= 4 is 55.1 Å². The van der Waals surface area contributed by atoms with Gasteiger partial charge in [-0.15, -0.1) is 0 Å². The number of halogens is 2. The van der Waals surface area contributed by atoms with Crippen molar-refractivity contribution in [3.05, 3.63) is 129 Å². The molecule has 0 heterocycles. The molecule has 0 saturated carbocycles. The van der Waals surface area contributed by atoms with Crippen LogP contribution in [0.5, 0.6) is 0 Å². The highest BCUT2D eigenvalue weighted by Gasteiger charge is 2.34. The third kappa shape index (κ3) is 8.46. The Morgan fingerprint density at radius 1 is 0.860 bits per heavy atom. The van der Waals surface area contributed by atoms with Crippen molar-refractivity contribution in [1.82, 2.24) is 10.2 Å². The first kappa shape index (κ1) is 32.3. The molecule has 4 rings (SSSR count). The molecule has 0 aliphatic carbocycles. The number of rotatable bonds is 12. The summed E-state index contributed by atoms with van der Waals surface area (Å²) in [5, 5.41) is 3.26. The number of carbonyl (C=O) groups excluding carboxylic acids is 2. The van der Waals surface area contributed by atoms with E-state index in [-0.39, 0.29) is 23.8 Å². The fourth-order valence-electron chi connectivity index (χ4n) is 4.61. The van der Waals surface area contributed by atoms with E-state index in [2.05, 4.69) is 21.2 Å². The molecule has 0 bridgehead atoms. The van der Waals surface area contributed by atoms with Crippen LogP contribution in [0.1, 0.15) is 23.6 Å². The highest BCUT2D eigenvalue weighted by atomic mass is 79.9. The lowest BCUT2D eigenvalue weighted by Crippen LogP contribution is -2.53. The monoisotopic (exact) mass is 681 g/mol. The molecule has 0 aromatic heterocycles. The molecule has 4 aromatic carbocycles. The summed E-state index contributed by atoms with van der Waals surface area (Å²) >= 11 is 9.48. The zero-order chi connectivity index (χ0) is 31.0. The Bertz CT molecular complexity index is 1630. The molecule has 0 spiro atoms. The molecule has 0 unspecified atom stereocenters. The molecule has 4 aromatic rings. The fraction of sp³-hybridized carbons (Fsp3) is 0.212. The molecule has 0 aliphatic heterocycles. The van der Waals surface area contributed by atoms with E-state index in [9.17, 15) is 18.0 Å². The normalized spacial score (nSPS) is 11.9. The van der Waals surface area contributed by atoms with Gasteiger partial charge >= 0.3 is 0 Å². The molecule has 0 radical (unpaired) electrons. The van der Waals surface area contributed by atoms with Crippen molar-refractivity contribution in [2.45, 2.75) is 37.8 Å². The Morgan fingerprint density at radius 3 is 2.09 bits per heavy atom. The first-order chi connectivity index (χ1) is 20.6. The van der Waals surface area contributed by atoms with Crippen molar-refractivity contribution in [2.24, 2.45) is 0 Å². The number of likely N-dealkylation sites (N-methyl/N-ethyl adjacent to an activating group) is 1. The van der Waals surface area contributed by atoms with Crippen LogP contribution in [0.15, 0.2) is 112 Å². The minimum Gasteiger partial charge on any atom is -0.355 e. The van der Waals surface area contributed by atoms with Gasteiger partial charge in [-0.25, -0.2) is 8.42 Å². The van der Waals surface area contributed by atoms with Crippen LogP contribution < -0.4 is 9.62 Å². The van der Waals surface area contributed by atoms with Crippen molar-refractivity contribution in [3.63, 3.8) is 0 Å². The summed E-state index contributed by atoms with van der Waals surface area (Å²) in [7, 11) is -4.19. The molecule has 0 saturated heterocycles. The minimum absolute atomic E-state index is 0.00528. The standard InChI is InChI=1S/C33H33BrClN3O4S/c1-3-36-33(40)31(21-25-7-5-4-6-8-25)37(22-26-11-13-27(34)14-12-26)32(39)23-38(29-17-9-24(2)10-18-29)43(41,42)30-19-15-28(35)16-20-30/h4-20,31H,3,21-23H2,1-2H3,(H,36,40)/t31-/m1/s1. The van der Waals surface area contributed by atoms with Crippen molar-refractivity contribution < 1.29 is 18.0 Å². The van der Waals surface area contributed by atoms with Gasteiger partial charge in [-0.3, -0.25) is 13.9 Å². The molecule has 1 N–H and O–H groups in total. The second kappa shape index (κ2) is 14.7. The SMILES string of the molecule is CCNC(=O)[C@@H](Cc1ccccc1)N(Cc1ccc(Br)cc1)C(=O)CN(c1ccc(C)cc1)S(=O)(=O)c1ccc(Cl)cc1. The van der Waals surface area contributed by atoms with Crippen LogP contribution in [0.3, 0.4) is 0 Å². The lowest BCUT2D eigenvalue weighted by molar-refractivity contribution is -0.140. The van der Waals surface area contributed by atoms with Crippen molar-refractivity contribution in [3.8, 4) is 0 Å². The summed E-state index contributed by atoms with van der Waals surface area (Å²) in [6, 6.07) is 28.7. The Kier molecular flexibility index (Phi) is 11.0. The van der Waals surface area contributed by atoms with Gasteiger partial charge in [0.15, 0.2) is 0 Å². The summed E-state index contributed by atoms with van der Waals surface area (Å²) in [6.45, 7) is 3.67.